The summed E-state index contributed by atoms with van der Waals surface area (Å²) in [7, 11) is 0. The molecule has 9 N–H and O–H groups in total. The largest absolute Gasteiger partial charge is 0.394 e. The Morgan fingerprint density at radius 3 is 1.87 bits per heavy atom. The number of aliphatic hydroxyl groups is 9. The van der Waals surface area contributed by atoms with Crippen LogP contribution in [-0.4, -0.2) is 121 Å². The van der Waals surface area contributed by atoms with Gasteiger partial charge in [-0.05, 0) is 0 Å². The van der Waals surface area contributed by atoms with E-state index in [0.717, 1.165) is 0 Å². The van der Waals surface area contributed by atoms with Crippen LogP contribution in [0, 0.1) is 0 Å². The van der Waals surface area contributed by atoms with Gasteiger partial charge in [0.25, 0.3) is 0 Å². The van der Waals surface area contributed by atoms with Gasteiger partial charge in [0, 0.05) is 0 Å². The molecule has 0 bridgehead atoms. The minimum Gasteiger partial charge on any atom is -0.394 e. The van der Waals surface area contributed by atoms with E-state index in [4.69, 9.17) is 24.8 Å². The fourth-order valence-electron chi connectivity index (χ4n) is 2.16. The zero-order valence-electron chi connectivity index (χ0n) is 12.2. The van der Waals surface area contributed by atoms with Crippen LogP contribution in [-0.2, 0) is 9.47 Å². The third kappa shape index (κ3) is 4.78. The van der Waals surface area contributed by atoms with Crippen LogP contribution in [0.3, 0.4) is 0 Å². The van der Waals surface area contributed by atoms with Crippen LogP contribution in [0.25, 0.3) is 0 Å². The van der Waals surface area contributed by atoms with Crippen LogP contribution in [0.2, 0.25) is 0 Å². The third-order valence-electron chi connectivity index (χ3n) is 3.62. The molecule has 23 heavy (non-hydrogen) atoms. The number of aliphatic hydroxyl groups excluding tert-OH is 9. The number of hydrogen-bond donors (Lipinski definition) is 9. The van der Waals surface area contributed by atoms with Gasteiger partial charge in [0.2, 0.25) is 0 Å². The highest BCUT2D eigenvalue weighted by molar-refractivity contribution is 4.91. The molecular weight excluding hydrogens is 320 g/mol. The summed E-state index contributed by atoms with van der Waals surface area (Å²) >= 11 is 0. The van der Waals surface area contributed by atoms with Crippen molar-refractivity contribution in [3.05, 3.63) is 0 Å². The molecule has 1 aliphatic rings. The van der Waals surface area contributed by atoms with Crippen molar-refractivity contribution in [2.24, 2.45) is 0 Å². The van der Waals surface area contributed by atoms with Crippen LogP contribution in [0.15, 0.2) is 0 Å². The summed E-state index contributed by atoms with van der Waals surface area (Å²) in [5.41, 5.74) is 0. The first-order valence-corrected chi connectivity index (χ1v) is 7.00. The molecule has 138 valence electrons. The van der Waals surface area contributed by atoms with E-state index in [1.807, 2.05) is 0 Å². The van der Waals surface area contributed by atoms with Crippen LogP contribution in [0.1, 0.15) is 0 Å². The maximum Gasteiger partial charge on any atom is 0.187 e. The Morgan fingerprint density at radius 1 is 0.826 bits per heavy atom. The van der Waals surface area contributed by atoms with E-state index in [9.17, 15) is 30.6 Å². The highest BCUT2D eigenvalue weighted by atomic mass is 16.7. The lowest BCUT2D eigenvalue weighted by Gasteiger charge is -2.42. The molecule has 0 spiro atoms. The van der Waals surface area contributed by atoms with E-state index in [2.05, 4.69) is 0 Å². The van der Waals surface area contributed by atoms with Gasteiger partial charge in [0.05, 0.1) is 19.8 Å². The summed E-state index contributed by atoms with van der Waals surface area (Å²) < 4.78 is 10.1. The smallest absolute Gasteiger partial charge is 0.187 e. The molecule has 0 aromatic heterocycles. The lowest BCUT2D eigenvalue weighted by Crippen LogP contribution is -2.61. The van der Waals surface area contributed by atoms with E-state index in [0.29, 0.717) is 0 Å². The SMILES string of the molecule is OCC1O[C@@H](O[C@@H](C(O)CO)[C@@H](O)C(O)CO)C(O)[C@H](O)[C@@H]1O. The maximum absolute atomic E-state index is 9.83. The second-order valence-corrected chi connectivity index (χ2v) is 5.29. The summed E-state index contributed by atoms with van der Waals surface area (Å²) in [6, 6.07) is 0. The van der Waals surface area contributed by atoms with Crippen molar-refractivity contribution in [3.8, 4) is 0 Å². The number of rotatable bonds is 8. The Bertz CT molecular complexity index is 341. The predicted molar refractivity (Wildman–Crippen MR) is 70.8 cm³/mol. The monoisotopic (exact) mass is 344 g/mol. The van der Waals surface area contributed by atoms with Crippen molar-refractivity contribution < 1.29 is 55.4 Å². The Morgan fingerprint density at radius 2 is 1.39 bits per heavy atom. The lowest BCUT2D eigenvalue weighted by molar-refractivity contribution is -0.327. The first-order valence-electron chi connectivity index (χ1n) is 7.00. The second kappa shape index (κ2) is 9.15. The summed E-state index contributed by atoms with van der Waals surface area (Å²) in [5, 5.41) is 84.9. The molecule has 9 atom stereocenters. The summed E-state index contributed by atoms with van der Waals surface area (Å²) in [6.07, 6.45) is -15.1. The maximum atomic E-state index is 9.83. The highest BCUT2D eigenvalue weighted by Gasteiger charge is 2.46. The van der Waals surface area contributed by atoms with Gasteiger partial charge in [-0.1, -0.05) is 0 Å². The molecule has 1 fully saturated rings. The standard InChI is InChI=1S/C12H24O11/c13-1-4(16)7(18)11(5(17)2-14)23-12-10(21)9(20)8(19)6(3-15)22-12/h4-21H,1-3H2/t4?,5?,6?,7-,8+,9+,10?,11-,12-/m0/s1. The van der Waals surface area contributed by atoms with Crippen molar-refractivity contribution >= 4 is 0 Å². The second-order valence-electron chi connectivity index (χ2n) is 5.29. The van der Waals surface area contributed by atoms with Gasteiger partial charge in [0.15, 0.2) is 6.29 Å². The molecule has 0 amide bonds. The van der Waals surface area contributed by atoms with E-state index in [1.165, 1.54) is 0 Å². The summed E-state index contributed by atoms with van der Waals surface area (Å²) in [6.45, 7) is -2.45. The minimum atomic E-state index is -1.85. The first-order chi connectivity index (χ1) is 10.8. The van der Waals surface area contributed by atoms with Crippen molar-refractivity contribution in [2.45, 2.75) is 55.1 Å². The topological polar surface area (TPSA) is 201 Å². The fourth-order valence-corrected chi connectivity index (χ4v) is 2.16. The molecule has 1 rings (SSSR count). The zero-order chi connectivity index (χ0) is 17.7. The molecule has 11 nitrogen and oxygen atoms in total. The molecule has 0 radical (unpaired) electrons. The van der Waals surface area contributed by atoms with Crippen molar-refractivity contribution in [2.75, 3.05) is 19.8 Å². The Hall–Kier alpha value is -0.440. The van der Waals surface area contributed by atoms with E-state index >= 15 is 0 Å². The van der Waals surface area contributed by atoms with E-state index in [1.54, 1.807) is 0 Å². The lowest BCUT2D eigenvalue weighted by atomic mass is 9.98. The molecule has 0 aromatic rings. The summed E-state index contributed by atoms with van der Waals surface area (Å²) in [5.74, 6) is 0. The average molecular weight is 344 g/mol. The molecule has 0 aliphatic carbocycles. The fraction of sp³-hybridized carbons (Fsp3) is 1.00. The van der Waals surface area contributed by atoms with E-state index < -0.39 is 74.9 Å². The van der Waals surface area contributed by atoms with E-state index in [-0.39, 0.29) is 0 Å². The molecule has 4 unspecified atom stereocenters. The van der Waals surface area contributed by atoms with Crippen LogP contribution in [0.4, 0.5) is 0 Å². The molecule has 1 saturated heterocycles. The molecule has 1 heterocycles. The molecule has 1 aliphatic heterocycles. The van der Waals surface area contributed by atoms with Gasteiger partial charge >= 0.3 is 0 Å². The van der Waals surface area contributed by atoms with Crippen LogP contribution < -0.4 is 0 Å². The first kappa shape index (κ1) is 20.6. The zero-order valence-corrected chi connectivity index (χ0v) is 12.2. The van der Waals surface area contributed by atoms with Gasteiger partial charge in [-0.3, -0.25) is 0 Å². The van der Waals surface area contributed by atoms with Crippen LogP contribution >= 0.6 is 0 Å². The predicted octanol–water partition coefficient (Wildman–Crippen LogP) is -5.76. The quantitative estimate of drug-likeness (QED) is 0.203. The third-order valence-corrected chi connectivity index (χ3v) is 3.62. The molecule has 11 heteroatoms. The summed E-state index contributed by atoms with van der Waals surface area (Å²) in [4.78, 5) is 0. The van der Waals surface area contributed by atoms with Crippen LogP contribution in [0.5, 0.6) is 0 Å². The normalized spacial score (nSPS) is 37.2. The average Bonchev–Trinajstić information content (AvgIpc) is 2.57. The highest BCUT2D eigenvalue weighted by Crippen LogP contribution is 2.24. The minimum absolute atomic E-state index is 0.708. The number of hydrogen-bond acceptors (Lipinski definition) is 11. The van der Waals surface area contributed by atoms with Gasteiger partial charge in [-0.25, -0.2) is 0 Å². The van der Waals surface area contributed by atoms with Gasteiger partial charge in [-0.15, -0.1) is 0 Å². The Balaban J connectivity index is 2.89. The number of ether oxygens (including phenoxy) is 2. The van der Waals surface area contributed by atoms with Gasteiger partial charge in [-0.2, -0.15) is 0 Å². The molecule has 0 saturated carbocycles. The van der Waals surface area contributed by atoms with Crippen molar-refractivity contribution in [3.63, 3.8) is 0 Å². The molecular formula is C12H24O11. The van der Waals surface area contributed by atoms with Crippen molar-refractivity contribution in [1.82, 2.24) is 0 Å². The van der Waals surface area contributed by atoms with Crippen molar-refractivity contribution in [1.29, 1.82) is 0 Å². The Labute approximate surface area is 131 Å². The Kier molecular flexibility index (Phi) is 8.20. The van der Waals surface area contributed by atoms with Gasteiger partial charge < -0.3 is 55.4 Å². The van der Waals surface area contributed by atoms with Gasteiger partial charge in [0.1, 0.15) is 48.8 Å². The molecule has 0 aromatic carbocycles.